The summed E-state index contributed by atoms with van der Waals surface area (Å²) in [5, 5.41) is 2.56. The first-order chi connectivity index (χ1) is 8.46. The quantitative estimate of drug-likeness (QED) is 0.620. The summed E-state index contributed by atoms with van der Waals surface area (Å²) in [4.78, 5) is 24.8. The highest BCUT2D eigenvalue weighted by atomic mass is 16.5. The molecule has 3 N–H and O–H groups in total. The van der Waals surface area contributed by atoms with Crippen LogP contribution >= 0.6 is 0 Å². The Kier molecular flexibility index (Phi) is 8.32. The summed E-state index contributed by atoms with van der Waals surface area (Å²) in [6.07, 6.45) is 0.00153. The number of ether oxygens (including phenoxy) is 1. The average molecular weight is 259 g/mol. The molecule has 0 spiro atoms. The summed E-state index contributed by atoms with van der Waals surface area (Å²) in [6.45, 7) is 4.89. The summed E-state index contributed by atoms with van der Waals surface area (Å²) in [5.41, 5.74) is 5.52. The van der Waals surface area contributed by atoms with Crippen LogP contribution < -0.4 is 11.1 Å². The lowest BCUT2D eigenvalue weighted by molar-refractivity contribution is -0.134. The lowest BCUT2D eigenvalue weighted by Gasteiger charge is -2.23. The van der Waals surface area contributed by atoms with Crippen molar-refractivity contribution < 1.29 is 14.3 Å². The molecule has 0 bridgehead atoms. The number of hydrogen-bond acceptors (Lipinski definition) is 4. The van der Waals surface area contributed by atoms with Crippen LogP contribution in [0.3, 0.4) is 0 Å². The van der Waals surface area contributed by atoms with Gasteiger partial charge < -0.3 is 20.7 Å². The Balaban J connectivity index is 4.20. The summed E-state index contributed by atoms with van der Waals surface area (Å²) < 4.78 is 5.33. The third-order valence-electron chi connectivity index (χ3n) is 2.74. The van der Waals surface area contributed by atoms with E-state index in [0.29, 0.717) is 19.7 Å². The van der Waals surface area contributed by atoms with Gasteiger partial charge in [0.1, 0.15) is 0 Å². The zero-order valence-corrected chi connectivity index (χ0v) is 11.7. The number of rotatable bonds is 8. The fraction of sp³-hybridized carbons (Fsp3) is 0.833. The Labute approximate surface area is 109 Å². The number of nitrogens with two attached hydrogens (primary N) is 1. The molecule has 0 saturated carbocycles. The van der Waals surface area contributed by atoms with E-state index in [1.807, 2.05) is 6.92 Å². The second-order valence-corrected chi connectivity index (χ2v) is 4.31. The van der Waals surface area contributed by atoms with Crippen LogP contribution in [-0.4, -0.2) is 56.6 Å². The van der Waals surface area contributed by atoms with E-state index < -0.39 is 0 Å². The van der Waals surface area contributed by atoms with Crippen molar-refractivity contribution in [1.29, 1.82) is 0 Å². The second-order valence-electron chi connectivity index (χ2n) is 4.31. The normalized spacial score (nSPS) is 13.8. The summed E-state index contributed by atoms with van der Waals surface area (Å²) in [7, 11) is 3.27. The molecule has 0 saturated heterocycles. The van der Waals surface area contributed by atoms with Crippen LogP contribution in [-0.2, 0) is 14.3 Å². The molecule has 0 fully saturated rings. The number of nitrogens with one attached hydrogen (secondary N) is 1. The van der Waals surface area contributed by atoms with Gasteiger partial charge in [-0.15, -0.1) is 0 Å². The van der Waals surface area contributed by atoms with Gasteiger partial charge >= 0.3 is 0 Å². The molecular formula is C12H25N3O3. The Morgan fingerprint density at radius 3 is 2.50 bits per heavy atom. The fourth-order valence-electron chi connectivity index (χ4n) is 1.64. The van der Waals surface area contributed by atoms with E-state index in [-0.39, 0.29) is 30.3 Å². The number of hydrogen-bond donors (Lipinski definition) is 2. The molecule has 0 aromatic carbocycles. The van der Waals surface area contributed by atoms with Gasteiger partial charge in [-0.2, -0.15) is 0 Å². The third kappa shape index (κ3) is 5.97. The molecule has 0 radical (unpaired) electrons. The number of nitrogens with zero attached hydrogens (tertiary/aromatic N) is 1. The maximum absolute atomic E-state index is 11.9. The van der Waals surface area contributed by atoms with Crippen molar-refractivity contribution in [1.82, 2.24) is 10.2 Å². The van der Waals surface area contributed by atoms with E-state index >= 15 is 0 Å². The molecule has 106 valence electrons. The van der Waals surface area contributed by atoms with Crippen molar-refractivity contribution in [2.45, 2.75) is 26.4 Å². The van der Waals surface area contributed by atoms with Gasteiger partial charge in [0.05, 0.1) is 18.4 Å². The monoisotopic (exact) mass is 259 g/mol. The Hall–Kier alpha value is -1.14. The smallest absolute Gasteiger partial charge is 0.224 e. The molecule has 6 heteroatoms. The van der Waals surface area contributed by atoms with E-state index in [4.69, 9.17) is 10.5 Å². The highest BCUT2D eigenvalue weighted by molar-refractivity contribution is 5.80. The minimum absolute atomic E-state index is 0.0605. The van der Waals surface area contributed by atoms with Crippen LogP contribution in [0.5, 0.6) is 0 Å². The highest BCUT2D eigenvalue weighted by Gasteiger charge is 2.20. The van der Waals surface area contributed by atoms with Crippen LogP contribution in [0, 0.1) is 5.92 Å². The Morgan fingerprint density at radius 2 is 2.06 bits per heavy atom. The van der Waals surface area contributed by atoms with Crippen LogP contribution in [0.15, 0.2) is 0 Å². The van der Waals surface area contributed by atoms with Crippen molar-refractivity contribution in [3.05, 3.63) is 0 Å². The largest absolute Gasteiger partial charge is 0.377 e. The van der Waals surface area contributed by atoms with Gasteiger partial charge in [0.25, 0.3) is 0 Å². The molecule has 0 rings (SSSR count). The van der Waals surface area contributed by atoms with Gasteiger partial charge in [0, 0.05) is 33.8 Å². The molecule has 0 aliphatic carbocycles. The van der Waals surface area contributed by atoms with Crippen LogP contribution in [0.4, 0.5) is 0 Å². The lowest BCUT2D eigenvalue weighted by Crippen LogP contribution is -2.39. The molecule has 2 amide bonds. The Morgan fingerprint density at radius 1 is 1.44 bits per heavy atom. The highest BCUT2D eigenvalue weighted by Crippen LogP contribution is 2.04. The minimum Gasteiger partial charge on any atom is -0.377 e. The molecule has 0 aromatic rings. The number of amides is 2. The van der Waals surface area contributed by atoms with Gasteiger partial charge in [0.2, 0.25) is 11.8 Å². The van der Waals surface area contributed by atoms with Crippen LogP contribution in [0.2, 0.25) is 0 Å². The lowest BCUT2D eigenvalue weighted by atomic mass is 10.1. The van der Waals surface area contributed by atoms with E-state index in [2.05, 4.69) is 5.32 Å². The summed E-state index contributed by atoms with van der Waals surface area (Å²) in [6, 6.07) is 0. The first kappa shape index (κ1) is 16.9. The minimum atomic E-state index is -0.250. The molecule has 2 atom stereocenters. The van der Waals surface area contributed by atoms with Gasteiger partial charge in [0.15, 0.2) is 0 Å². The molecule has 2 unspecified atom stereocenters. The van der Waals surface area contributed by atoms with E-state index in [9.17, 15) is 9.59 Å². The van der Waals surface area contributed by atoms with Crippen molar-refractivity contribution in [3.63, 3.8) is 0 Å². The van der Waals surface area contributed by atoms with E-state index in [1.165, 1.54) is 0 Å². The van der Waals surface area contributed by atoms with Gasteiger partial charge in [-0.3, -0.25) is 9.59 Å². The molecule has 6 nitrogen and oxygen atoms in total. The zero-order chi connectivity index (χ0) is 14.1. The van der Waals surface area contributed by atoms with Crippen molar-refractivity contribution in [3.8, 4) is 0 Å². The number of carbonyl (C=O) groups is 2. The topological polar surface area (TPSA) is 84.7 Å². The summed E-state index contributed by atoms with van der Waals surface area (Å²) in [5.74, 6) is -0.364. The van der Waals surface area contributed by atoms with Gasteiger partial charge in [-0.05, 0) is 6.92 Å². The SMILES string of the molecule is CCOC(CN)CC(=O)N(C)CC(C)C(=O)NC. The van der Waals surface area contributed by atoms with Gasteiger partial charge in [-0.1, -0.05) is 6.92 Å². The maximum atomic E-state index is 11.9. The fourth-order valence-corrected chi connectivity index (χ4v) is 1.64. The summed E-state index contributed by atoms with van der Waals surface area (Å²) >= 11 is 0. The van der Waals surface area contributed by atoms with Crippen LogP contribution in [0.1, 0.15) is 20.3 Å². The first-order valence-corrected chi connectivity index (χ1v) is 6.23. The van der Waals surface area contributed by atoms with Gasteiger partial charge in [-0.25, -0.2) is 0 Å². The number of carbonyl (C=O) groups excluding carboxylic acids is 2. The predicted molar refractivity (Wildman–Crippen MR) is 70.0 cm³/mol. The molecule has 0 aliphatic heterocycles. The second kappa shape index (κ2) is 8.88. The van der Waals surface area contributed by atoms with Crippen molar-refractivity contribution >= 4 is 11.8 Å². The van der Waals surface area contributed by atoms with E-state index in [1.54, 1.807) is 25.9 Å². The predicted octanol–water partition coefficient (Wildman–Crippen LogP) is -0.419. The zero-order valence-electron chi connectivity index (χ0n) is 11.7. The molecule has 0 aromatic heterocycles. The van der Waals surface area contributed by atoms with Crippen molar-refractivity contribution in [2.75, 3.05) is 33.8 Å². The molecular weight excluding hydrogens is 234 g/mol. The van der Waals surface area contributed by atoms with Crippen molar-refractivity contribution in [2.24, 2.45) is 11.7 Å². The standard InChI is InChI=1S/C12H25N3O3/c1-5-18-10(7-13)6-11(16)15(4)8-9(2)12(17)14-3/h9-10H,5-8,13H2,1-4H3,(H,14,17). The van der Waals surface area contributed by atoms with Crippen LogP contribution in [0.25, 0.3) is 0 Å². The average Bonchev–Trinajstić information content (AvgIpc) is 2.36. The Bertz CT molecular complexity index is 271. The third-order valence-corrected chi connectivity index (χ3v) is 2.74. The first-order valence-electron chi connectivity index (χ1n) is 6.23. The molecule has 0 heterocycles. The molecule has 18 heavy (non-hydrogen) atoms. The van der Waals surface area contributed by atoms with E-state index in [0.717, 1.165) is 0 Å². The maximum Gasteiger partial charge on any atom is 0.224 e. The molecule has 0 aliphatic rings.